The molecule has 0 fully saturated rings. The van der Waals surface area contributed by atoms with Crippen molar-refractivity contribution in [2.24, 2.45) is 0 Å². The van der Waals surface area contributed by atoms with Gasteiger partial charge in [0, 0.05) is 43.7 Å². The van der Waals surface area contributed by atoms with E-state index in [2.05, 4.69) is 287 Å². The lowest BCUT2D eigenvalue weighted by atomic mass is 10.1. The van der Waals surface area contributed by atoms with Crippen molar-refractivity contribution in [1.82, 2.24) is 13.7 Å². The SMILES string of the molecule is c1ccc(-c2ccc(-n3c4ccccc4c4ccc(-n5c6cccc(-n7c8ccccc8c8ccccc87)c6c6c([Si](c7ccccc7)(c7ccccc7)c7ccccc7)cccc65)cc43)cc2)cc1. The zero-order chi connectivity index (χ0) is 46.2. The van der Waals surface area contributed by atoms with E-state index >= 15 is 0 Å². The van der Waals surface area contributed by atoms with Crippen LogP contribution in [0.1, 0.15) is 0 Å². The summed E-state index contributed by atoms with van der Waals surface area (Å²) in [7, 11) is -3.06. The van der Waals surface area contributed by atoms with Crippen LogP contribution in [0, 0.1) is 0 Å². The average molecular weight is 908 g/mol. The molecule has 0 N–H and O–H groups in total. The summed E-state index contributed by atoms with van der Waals surface area (Å²) in [5.41, 5.74) is 12.9. The molecule has 14 aromatic rings. The molecule has 0 spiro atoms. The predicted octanol–water partition coefficient (Wildman–Crippen LogP) is 14.0. The highest BCUT2D eigenvalue weighted by Crippen LogP contribution is 2.42. The van der Waals surface area contributed by atoms with Crippen LogP contribution in [-0.2, 0) is 0 Å². The summed E-state index contributed by atoms with van der Waals surface area (Å²) in [4.78, 5) is 0. The molecular weight excluding hydrogens is 863 g/mol. The fourth-order valence-electron chi connectivity index (χ4n) is 11.9. The molecule has 0 amide bonds. The first-order chi connectivity index (χ1) is 34.8. The van der Waals surface area contributed by atoms with E-state index in [0.29, 0.717) is 0 Å². The van der Waals surface area contributed by atoms with Crippen molar-refractivity contribution in [2.75, 3.05) is 0 Å². The van der Waals surface area contributed by atoms with Gasteiger partial charge in [0.25, 0.3) is 0 Å². The number of rotatable bonds is 8. The molecule has 328 valence electrons. The number of aromatic nitrogens is 3. The fourth-order valence-corrected chi connectivity index (χ4v) is 16.9. The molecule has 0 atom stereocenters. The molecule has 0 aliphatic heterocycles. The summed E-state index contributed by atoms with van der Waals surface area (Å²) in [6, 6.07) is 101. The molecule has 0 saturated carbocycles. The van der Waals surface area contributed by atoms with Crippen molar-refractivity contribution in [3.63, 3.8) is 0 Å². The van der Waals surface area contributed by atoms with Gasteiger partial charge in [-0.05, 0) is 92.5 Å². The van der Waals surface area contributed by atoms with E-state index in [4.69, 9.17) is 0 Å². The Morgan fingerprint density at radius 1 is 0.243 bits per heavy atom. The van der Waals surface area contributed by atoms with Gasteiger partial charge >= 0.3 is 0 Å². The van der Waals surface area contributed by atoms with Gasteiger partial charge in [-0.3, -0.25) is 0 Å². The van der Waals surface area contributed by atoms with E-state index < -0.39 is 8.07 Å². The topological polar surface area (TPSA) is 14.8 Å². The van der Waals surface area contributed by atoms with Crippen LogP contribution in [-0.4, -0.2) is 21.8 Å². The molecule has 14 rings (SSSR count). The fraction of sp³-hybridized carbons (Fsp3) is 0. The second-order valence-electron chi connectivity index (χ2n) is 18.4. The minimum atomic E-state index is -3.06. The number of fused-ring (bicyclic) bond motifs is 9. The van der Waals surface area contributed by atoms with E-state index in [1.807, 2.05) is 0 Å². The highest BCUT2D eigenvalue weighted by molar-refractivity contribution is 7.20. The highest BCUT2D eigenvalue weighted by Gasteiger charge is 2.43. The van der Waals surface area contributed by atoms with Crippen LogP contribution < -0.4 is 20.7 Å². The summed E-state index contributed by atoms with van der Waals surface area (Å²) in [6.07, 6.45) is 0. The third-order valence-electron chi connectivity index (χ3n) is 14.8. The average Bonchev–Trinajstić information content (AvgIpc) is 4.08. The minimum Gasteiger partial charge on any atom is -0.309 e. The molecule has 0 unspecified atom stereocenters. The number of hydrogen-bond acceptors (Lipinski definition) is 0. The van der Waals surface area contributed by atoms with E-state index in [-0.39, 0.29) is 0 Å². The highest BCUT2D eigenvalue weighted by atomic mass is 28.3. The molecule has 0 radical (unpaired) electrons. The molecule has 0 aliphatic rings. The van der Waals surface area contributed by atoms with E-state index in [9.17, 15) is 0 Å². The molecule has 0 aliphatic carbocycles. The second-order valence-corrected chi connectivity index (χ2v) is 22.2. The Bertz CT molecular complexity index is 4110. The lowest BCUT2D eigenvalue weighted by Crippen LogP contribution is -2.74. The van der Waals surface area contributed by atoms with Gasteiger partial charge in [-0.2, -0.15) is 0 Å². The Labute approximate surface area is 407 Å². The van der Waals surface area contributed by atoms with Crippen LogP contribution in [0.5, 0.6) is 0 Å². The Kier molecular flexibility index (Phi) is 9.23. The van der Waals surface area contributed by atoms with Gasteiger partial charge in [-0.25, -0.2) is 0 Å². The van der Waals surface area contributed by atoms with Gasteiger partial charge in [-0.1, -0.05) is 212 Å². The van der Waals surface area contributed by atoms with E-state index in [0.717, 1.165) is 28.1 Å². The summed E-state index contributed by atoms with van der Waals surface area (Å²) in [5.74, 6) is 0. The number of hydrogen-bond donors (Lipinski definition) is 0. The normalized spacial score (nSPS) is 12.0. The lowest BCUT2D eigenvalue weighted by molar-refractivity contribution is 1.15. The molecule has 0 bridgehead atoms. The Hall–Kier alpha value is -8.96. The van der Waals surface area contributed by atoms with Gasteiger partial charge in [0.05, 0.1) is 38.8 Å². The van der Waals surface area contributed by atoms with Gasteiger partial charge in [0.15, 0.2) is 8.07 Å². The maximum Gasteiger partial charge on any atom is 0.180 e. The first-order valence-corrected chi connectivity index (χ1v) is 26.2. The second kappa shape index (κ2) is 16.1. The Balaban J connectivity index is 1.13. The van der Waals surface area contributed by atoms with Crippen molar-refractivity contribution < 1.29 is 0 Å². The molecule has 3 aromatic heterocycles. The largest absolute Gasteiger partial charge is 0.309 e. The lowest BCUT2D eigenvalue weighted by Gasteiger charge is -2.35. The monoisotopic (exact) mass is 907 g/mol. The molecule has 4 heteroatoms. The maximum atomic E-state index is 2.55. The number of nitrogens with zero attached hydrogens (tertiary/aromatic N) is 3. The summed E-state index contributed by atoms with van der Waals surface area (Å²) in [6.45, 7) is 0. The van der Waals surface area contributed by atoms with Crippen molar-refractivity contribution in [3.8, 4) is 28.2 Å². The van der Waals surface area contributed by atoms with E-state index in [1.54, 1.807) is 0 Å². The van der Waals surface area contributed by atoms with Crippen molar-refractivity contribution in [2.45, 2.75) is 0 Å². The Morgan fingerprint density at radius 3 is 1.20 bits per heavy atom. The van der Waals surface area contributed by atoms with Crippen LogP contribution in [0.15, 0.2) is 273 Å². The molecule has 11 aromatic carbocycles. The van der Waals surface area contributed by atoms with Crippen LogP contribution in [0.25, 0.3) is 93.6 Å². The molecular formula is C66H45N3Si. The van der Waals surface area contributed by atoms with Gasteiger partial charge in [0.1, 0.15) is 0 Å². The predicted molar refractivity (Wildman–Crippen MR) is 299 cm³/mol. The van der Waals surface area contributed by atoms with Crippen molar-refractivity contribution >= 4 is 94.2 Å². The standard InChI is InChI=1S/C66H45N3Si/c1-5-21-46(22-6-1)47-39-41-48(42-40-47)67-57-32-16-13-31-55(57)56-44-43-49(45-63(56)67)68-60-35-19-36-61(69-58-33-17-14-29-53(58)54-30-15-18-34-59(54)69)65(60)66-62(68)37-20-38-64(66)70(50-23-7-2-8-24-50,51-25-9-3-10-26-51)52-27-11-4-12-28-52/h1-45H. The molecule has 3 heterocycles. The zero-order valence-electron chi connectivity index (χ0n) is 38.3. The third-order valence-corrected chi connectivity index (χ3v) is 19.6. The Morgan fingerprint density at radius 2 is 0.643 bits per heavy atom. The molecule has 0 saturated heterocycles. The summed E-state index contributed by atoms with van der Waals surface area (Å²) in [5, 5.41) is 12.9. The third kappa shape index (κ3) is 5.94. The quantitative estimate of drug-likeness (QED) is 0.107. The number of benzene rings is 11. The maximum absolute atomic E-state index is 3.06. The number of para-hydroxylation sites is 3. The van der Waals surface area contributed by atoms with Crippen LogP contribution in [0.4, 0.5) is 0 Å². The van der Waals surface area contributed by atoms with E-state index in [1.165, 1.54) is 86.3 Å². The molecule has 3 nitrogen and oxygen atoms in total. The van der Waals surface area contributed by atoms with Gasteiger partial charge in [0.2, 0.25) is 0 Å². The first kappa shape index (κ1) is 40.1. The van der Waals surface area contributed by atoms with Crippen LogP contribution >= 0.6 is 0 Å². The van der Waals surface area contributed by atoms with Crippen LogP contribution in [0.2, 0.25) is 0 Å². The van der Waals surface area contributed by atoms with Gasteiger partial charge in [-0.15, -0.1) is 0 Å². The van der Waals surface area contributed by atoms with Crippen molar-refractivity contribution in [3.05, 3.63) is 273 Å². The summed E-state index contributed by atoms with van der Waals surface area (Å²) < 4.78 is 7.51. The van der Waals surface area contributed by atoms with Crippen molar-refractivity contribution in [1.29, 1.82) is 0 Å². The smallest absolute Gasteiger partial charge is 0.180 e. The zero-order valence-corrected chi connectivity index (χ0v) is 39.3. The molecule has 70 heavy (non-hydrogen) atoms. The first-order valence-electron chi connectivity index (χ1n) is 24.2. The van der Waals surface area contributed by atoms with Gasteiger partial charge < -0.3 is 13.7 Å². The van der Waals surface area contributed by atoms with Crippen LogP contribution in [0.3, 0.4) is 0 Å². The summed E-state index contributed by atoms with van der Waals surface area (Å²) >= 11 is 0. The minimum absolute atomic E-state index is 1.11.